The fourth-order valence-corrected chi connectivity index (χ4v) is 2.88. The molecule has 3 rings (SSSR count). The van der Waals surface area contributed by atoms with Crippen molar-refractivity contribution >= 4 is 46.0 Å². The maximum absolute atomic E-state index is 13.5. The van der Waals surface area contributed by atoms with E-state index in [0.717, 1.165) is 18.2 Å². The van der Waals surface area contributed by atoms with Gasteiger partial charge in [0, 0.05) is 6.07 Å². The SMILES string of the molecule is O=[N+]([O-])c1ccccc1N(Nc1ccc(F)cc1Cl)c1ccc(F)cc1Cl. The molecule has 1 N–H and O–H groups in total. The molecule has 0 aliphatic rings. The molecule has 138 valence electrons. The van der Waals surface area contributed by atoms with Crippen LogP contribution in [0.3, 0.4) is 0 Å². The number of benzene rings is 3. The molecule has 0 saturated heterocycles. The second kappa shape index (κ2) is 7.77. The lowest BCUT2D eigenvalue weighted by atomic mass is 10.2. The Hall–Kier alpha value is -2.90. The van der Waals surface area contributed by atoms with Crippen molar-refractivity contribution in [3.05, 3.63) is 92.5 Å². The first kappa shape index (κ1) is 18.9. The van der Waals surface area contributed by atoms with Crippen molar-refractivity contribution in [2.75, 3.05) is 10.4 Å². The smallest absolute Gasteiger partial charge is 0.292 e. The van der Waals surface area contributed by atoms with Crippen LogP contribution < -0.4 is 10.4 Å². The van der Waals surface area contributed by atoms with E-state index < -0.39 is 16.6 Å². The van der Waals surface area contributed by atoms with Gasteiger partial charge in [0.15, 0.2) is 0 Å². The van der Waals surface area contributed by atoms with Crippen molar-refractivity contribution in [1.82, 2.24) is 0 Å². The number of para-hydroxylation sites is 2. The van der Waals surface area contributed by atoms with Crippen molar-refractivity contribution in [2.45, 2.75) is 0 Å². The highest BCUT2D eigenvalue weighted by Crippen LogP contribution is 2.38. The fourth-order valence-electron chi connectivity index (χ4n) is 2.42. The number of nitro groups is 1. The number of nitro benzene ring substituents is 1. The van der Waals surface area contributed by atoms with E-state index in [-0.39, 0.29) is 32.8 Å². The van der Waals surface area contributed by atoms with Gasteiger partial charge in [0.05, 0.1) is 26.3 Å². The predicted octanol–water partition coefficient (Wildman–Crippen LogP) is 6.35. The summed E-state index contributed by atoms with van der Waals surface area (Å²) in [6.45, 7) is 0. The summed E-state index contributed by atoms with van der Waals surface area (Å²) in [6.07, 6.45) is 0. The first-order valence-corrected chi connectivity index (χ1v) is 8.32. The average Bonchev–Trinajstić information content (AvgIpc) is 2.62. The normalized spacial score (nSPS) is 10.5. The summed E-state index contributed by atoms with van der Waals surface area (Å²) in [4.78, 5) is 10.9. The molecule has 0 heterocycles. The quantitative estimate of drug-likeness (QED) is 0.394. The number of hydrogen-bond donors (Lipinski definition) is 1. The first-order chi connectivity index (χ1) is 12.9. The zero-order valence-corrected chi connectivity index (χ0v) is 15.0. The van der Waals surface area contributed by atoms with E-state index in [9.17, 15) is 18.9 Å². The molecule has 0 unspecified atom stereocenters. The molecule has 0 aliphatic carbocycles. The van der Waals surface area contributed by atoms with E-state index >= 15 is 0 Å². The van der Waals surface area contributed by atoms with Crippen molar-refractivity contribution in [2.24, 2.45) is 0 Å². The number of hydrazine groups is 1. The molecular weight excluding hydrogens is 399 g/mol. The van der Waals surface area contributed by atoms with Crippen LogP contribution in [0.4, 0.5) is 31.5 Å². The Morgan fingerprint density at radius 1 is 0.889 bits per heavy atom. The van der Waals surface area contributed by atoms with Gasteiger partial charge in [-0.3, -0.25) is 15.5 Å². The fraction of sp³-hybridized carbons (Fsp3) is 0. The molecule has 5 nitrogen and oxygen atoms in total. The number of anilines is 3. The third kappa shape index (κ3) is 4.10. The second-order valence-corrected chi connectivity index (χ2v) is 6.23. The van der Waals surface area contributed by atoms with Crippen molar-refractivity contribution in [3.63, 3.8) is 0 Å². The van der Waals surface area contributed by atoms with E-state index in [2.05, 4.69) is 5.43 Å². The molecule has 0 spiro atoms. The van der Waals surface area contributed by atoms with E-state index in [1.165, 1.54) is 41.4 Å². The number of halogens is 4. The molecule has 0 fully saturated rings. The minimum atomic E-state index is -0.564. The third-order valence-corrected chi connectivity index (χ3v) is 4.25. The molecule has 0 aliphatic heterocycles. The highest BCUT2D eigenvalue weighted by molar-refractivity contribution is 6.34. The lowest BCUT2D eigenvalue weighted by Crippen LogP contribution is -2.26. The van der Waals surface area contributed by atoms with Gasteiger partial charge in [0.1, 0.15) is 17.3 Å². The number of nitrogens with one attached hydrogen (secondary N) is 1. The van der Waals surface area contributed by atoms with Gasteiger partial charge in [-0.2, -0.15) is 0 Å². The van der Waals surface area contributed by atoms with Crippen molar-refractivity contribution in [3.8, 4) is 0 Å². The molecule has 0 atom stereocenters. The average molecular weight is 410 g/mol. The Labute approximate surface area is 162 Å². The summed E-state index contributed by atoms with van der Waals surface area (Å²) in [6, 6.07) is 13.2. The Kier molecular flexibility index (Phi) is 5.43. The van der Waals surface area contributed by atoms with Crippen LogP contribution in [-0.2, 0) is 0 Å². The van der Waals surface area contributed by atoms with Crippen LogP contribution in [0, 0.1) is 21.7 Å². The molecule has 9 heteroatoms. The maximum Gasteiger partial charge on any atom is 0.294 e. The van der Waals surface area contributed by atoms with Crippen LogP contribution >= 0.6 is 23.2 Å². The van der Waals surface area contributed by atoms with Crippen molar-refractivity contribution < 1.29 is 13.7 Å². The van der Waals surface area contributed by atoms with Gasteiger partial charge in [0.2, 0.25) is 0 Å². The van der Waals surface area contributed by atoms with E-state index in [4.69, 9.17) is 23.2 Å². The van der Waals surface area contributed by atoms with Crippen LogP contribution in [0.1, 0.15) is 0 Å². The Balaban J connectivity index is 2.16. The molecule has 0 radical (unpaired) electrons. The molecular formula is C18H11Cl2F2N3O2. The lowest BCUT2D eigenvalue weighted by molar-refractivity contribution is -0.384. The van der Waals surface area contributed by atoms with E-state index in [1.54, 1.807) is 6.07 Å². The van der Waals surface area contributed by atoms with Gasteiger partial charge in [-0.15, -0.1) is 0 Å². The topological polar surface area (TPSA) is 58.4 Å². The number of nitrogens with zero attached hydrogens (tertiary/aromatic N) is 2. The van der Waals surface area contributed by atoms with Crippen molar-refractivity contribution in [1.29, 1.82) is 0 Å². The lowest BCUT2D eigenvalue weighted by Gasteiger charge is -2.27. The van der Waals surface area contributed by atoms with Gasteiger partial charge in [0.25, 0.3) is 5.69 Å². The highest BCUT2D eigenvalue weighted by atomic mass is 35.5. The monoisotopic (exact) mass is 409 g/mol. The summed E-state index contributed by atoms with van der Waals surface area (Å²) in [5.41, 5.74) is 3.32. The van der Waals surface area contributed by atoms with E-state index in [0.29, 0.717) is 0 Å². The summed E-state index contributed by atoms with van der Waals surface area (Å²) in [7, 11) is 0. The summed E-state index contributed by atoms with van der Waals surface area (Å²) in [5, 5.41) is 12.8. The van der Waals surface area contributed by atoms with Gasteiger partial charge >= 0.3 is 0 Å². The van der Waals surface area contributed by atoms with Gasteiger partial charge in [-0.1, -0.05) is 35.3 Å². The third-order valence-electron chi connectivity index (χ3n) is 3.63. The maximum atomic E-state index is 13.5. The molecule has 27 heavy (non-hydrogen) atoms. The molecule has 3 aromatic rings. The number of rotatable bonds is 5. The van der Waals surface area contributed by atoms with Gasteiger partial charge in [-0.25, -0.2) is 13.8 Å². The summed E-state index contributed by atoms with van der Waals surface area (Å²) >= 11 is 12.2. The van der Waals surface area contributed by atoms with Crippen LogP contribution in [0.5, 0.6) is 0 Å². The van der Waals surface area contributed by atoms with Gasteiger partial charge < -0.3 is 0 Å². The van der Waals surface area contributed by atoms with Gasteiger partial charge in [-0.05, 0) is 42.5 Å². The molecule has 0 amide bonds. The first-order valence-electron chi connectivity index (χ1n) is 7.57. The Morgan fingerprint density at radius 2 is 1.52 bits per heavy atom. The second-order valence-electron chi connectivity index (χ2n) is 5.41. The molecule has 0 saturated carbocycles. The Bertz CT molecular complexity index is 1020. The molecule has 3 aromatic carbocycles. The van der Waals surface area contributed by atoms with Crippen LogP contribution in [-0.4, -0.2) is 4.92 Å². The zero-order valence-electron chi connectivity index (χ0n) is 13.5. The highest BCUT2D eigenvalue weighted by Gasteiger charge is 2.23. The van der Waals surface area contributed by atoms with Crippen LogP contribution in [0.15, 0.2) is 60.7 Å². The Morgan fingerprint density at radius 3 is 2.15 bits per heavy atom. The largest absolute Gasteiger partial charge is 0.294 e. The van der Waals surface area contributed by atoms with E-state index in [1.807, 2.05) is 0 Å². The van der Waals surface area contributed by atoms with Crippen LogP contribution in [0.2, 0.25) is 10.0 Å². The minimum absolute atomic E-state index is 0.0129. The standard InChI is InChI=1S/C18H11Cl2F2N3O2/c19-13-9-11(21)5-7-15(13)23-24(16-8-6-12(22)10-14(16)20)17-3-1-2-4-18(17)25(26)27/h1-10,23H. The predicted molar refractivity (Wildman–Crippen MR) is 102 cm³/mol. The summed E-state index contributed by atoms with van der Waals surface area (Å²) < 4.78 is 26.8. The van der Waals surface area contributed by atoms with Crippen LogP contribution in [0.25, 0.3) is 0 Å². The number of hydrogen-bond acceptors (Lipinski definition) is 4. The molecule has 0 bridgehead atoms. The summed E-state index contributed by atoms with van der Waals surface area (Å²) in [5.74, 6) is -1.10. The molecule has 0 aromatic heterocycles. The zero-order chi connectivity index (χ0) is 19.6. The minimum Gasteiger partial charge on any atom is -0.292 e.